The lowest BCUT2D eigenvalue weighted by molar-refractivity contribution is -0.153. The number of halogens is 4. The van der Waals surface area contributed by atoms with Crippen LogP contribution in [-0.2, 0) is 13.0 Å². The molecule has 0 fully saturated rings. The van der Waals surface area contributed by atoms with Crippen molar-refractivity contribution in [3.05, 3.63) is 58.2 Å². The number of rotatable bonds is 13. The Balaban J connectivity index is 1.62. The molecule has 1 amide bonds. The maximum atomic E-state index is 12.5. The number of nitrogens with two attached hydrogens (primary N) is 1. The van der Waals surface area contributed by atoms with Crippen LogP contribution in [-0.4, -0.2) is 54.2 Å². The highest BCUT2D eigenvalue weighted by atomic mass is 35.5. The number of fused-ring (bicyclic) bond motifs is 1. The Morgan fingerprint density at radius 3 is 2.62 bits per heavy atom. The van der Waals surface area contributed by atoms with Gasteiger partial charge in [-0.25, -0.2) is 0 Å². The van der Waals surface area contributed by atoms with Gasteiger partial charge in [0, 0.05) is 47.9 Å². The Morgan fingerprint density at radius 1 is 1.19 bits per heavy atom. The zero-order valence-electron chi connectivity index (χ0n) is 20.7. The standard InChI is InChI=1S/C26H31ClF3N3O4/c1-16(32-6-9-36-23-14-20(27)4-5-22(23)37-15-26(28,29)30)10-18-12-19-11-17(2)33(7-3-8-34)24(19)21(13-18)25(31)35/h4-5,11-14,16,32,34H,3,6-10,15H2,1-2H3,(H2,31,35). The summed E-state index contributed by atoms with van der Waals surface area (Å²) >= 11 is 5.95. The molecule has 1 atom stereocenters. The number of aliphatic hydroxyl groups is 1. The number of benzene rings is 2. The zero-order chi connectivity index (χ0) is 27.2. The maximum absolute atomic E-state index is 12.5. The Kier molecular flexibility index (Phi) is 9.69. The van der Waals surface area contributed by atoms with Gasteiger partial charge in [0.2, 0.25) is 0 Å². The highest BCUT2D eigenvalue weighted by Crippen LogP contribution is 2.32. The van der Waals surface area contributed by atoms with E-state index in [4.69, 9.17) is 26.8 Å². The molecule has 0 saturated carbocycles. The van der Waals surface area contributed by atoms with Gasteiger partial charge in [0.25, 0.3) is 5.91 Å². The van der Waals surface area contributed by atoms with Gasteiger partial charge in [0.05, 0.1) is 11.1 Å². The van der Waals surface area contributed by atoms with Crippen LogP contribution in [0, 0.1) is 6.92 Å². The SMILES string of the molecule is Cc1cc2cc(CC(C)NCCOc3cc(Cl)ccc3OCC(F)(F)F)cc(C(N)=O)c2n1CCCO. The summed E-state index contributed by atoms with van der Waals surface area (Å²) in [5.41, 5.74) is 8.80. The van der Waals surface area contributed by atoms with Crippen molar-refractivity contribution in [2.24, 2.45) is 5.73 Å². The minimum atomic E-state index is -4.47. The van der Waals surface area contributed by atoms with E-state index in [2.05, 4.69) is 5.32 Å². The smallest absolute Gasteiger partial charge is 0.422 e. The largest absolute Gasteiger partial charge is 0.488 e. The first kappa shape index (κ1) is 28.6. The van der Waals surface area contributed by atoms with Crippen LogP contribution in [0.4, 0.5) is 13.2 Å². The average molecular weight is 542 g/mol. The summed E-state index contributed by atoms with van der Waals surface area (Å²) in [6.07, 6.45) is -3.29. The monoisotopic (exact) mass is 541 g/mol. The highest BCUT2D eigenvalue weighted by Gasteiger charge is 2.29. The van der Waals surface area contributed by atoms with Gasteiger partial charge in [0.15, 0.2) is 18.1 Å². The van der Waals surface area contributed by atoms with Crippen molar-refractivity contribution in [2.75, 3.05) is 26.4 Å². The van der Waals surface area contributed by atoms with E-state index in [1.807, 2.05) is 30.5 Å². The molecule has 37 heavy (non-hydrogen) atoms. The molecule has 0 radical (unpaired) electrons. The third-order valence-corrected chi connectivity index (χ3v) is 5.99. The molecule has 1 unspecified atom stereocenters. The van der Waals surface area contributed by atoms with Crippen LogP contribution in [0.15, 0.2) is 36.4 Å². The number of amides is 1. The Morgan fingerprint density at radius 2 is 1.95 bits per heavy atom. The summed E-state index contributed by atoms with van der Waals surface area (Å²) < 4.78 is 50.0. The second kappa shape index (κ2) is 12.5. The number of aromatic nitrogens is 1. The fourth-order valence-corrected chi connectivity index (χ4v) is 4.36. The normalized spacial score (nSPS) is 12.6. The number of primary amides is 1. The van der Waals surface area contributed by atoms with Crippen molar-refractivity contribution >= 4 is 28.4 Å². The number of ether oxygens (including phenoxy) is 2. The fraction of sp³-hybridized carbons (Fsp3) is 0.423. The number of hydrogen-bond donors (Lipinski definition) is 3. The van der Waals surface area contributed by atoms with Crippen LogP contribution in [0.3, 0.4) is 0 Å². The molecule has 11 heteroatoms. The molecule has 3 aromatic rings. The molecule has 0 spiro atoms. The molecule has 0 aliphatic rings. The van der Waals surface area contributed by atoms with Crippen molar-refractivity contribution in [3.63, 3.8) is 0 Å². The van der Waals surface area contributed by atoms with Gasteiger partial charge in [-0.1, -0.05) is 11.6 Å². The summed E-state index contributed by atoms with van der Waals surface area (Å²) in [5, 5.41) is 13.7. The molecular formula is C26H31ClF3N3O4. The number of nitrogens with one attached hydrogen (secondary N) is 1. The second-order valence-corrected chi connectivity index (χ2v) is 9.30. The van der Waals surface area contributed by atoms with Gasteiger partial charge in [-0.3, -0.25) is 4.79 Å². The number of nitrogens with zero attached hydrogens (tertiary/aromatic N) is 1. The van der Waals surface area contributed by atoms with Crippen molar-refractivity contribution in [1.29, 1.82) is 0 Å². The van der Waals surface area contributed by atoms with Crippen LogP contribution in [0.5, 0.6) is 11.5 Å². The fourth-order valence-electron chi connectivity index (χ4n) is 4.20. The average Bonchev–Trinajstić information content (AvgIpc) is 3.13. The molecule has 0 saturated heterocycles. The summed E-state index contributed by atoms with van der Waals surface area (Å²) in [4.78, 5) is 12.2. The van der Waals surface area contributed by atoms with Crippen molar-refractivity contribution in [3.8, 4) is 11.5 Å². The predicted octanol–water partition coefficient (Wildman–Crippen LogP) is 4.63. The molecule has 1 aromatic heterocycles. The molecule has 202 valence electrons. The molecule has 1 heterocycles. The van der Waals surface area contributed by atoms with Gasteiger partial charge >= 0.3 is 6.18 Å². The maximum Gasteiger partial charge on any atom is 0.422 e. The van der Waals surface area contributed by atoms with E-state index in [-0.39, 0.29) is 30.8 Å². The summed E-state index contributed by atoms with van der Waals surface area (Å²) in [6, 6.07) is 9.99. The second-order valence-electron chi connectivity index (χ2n) is 8.86. The van der Waals surface area contributed by atoms with E-state index in [0.29, 0.717) is 36.5 Å². The van der Waals surface area contributed by atoms with Crippen molar-refractivity contribution in [1.82, 2.24) is 9.88 Å². The summed E-state index contributed by atoms with van der Waals surface area (Å²) in [5.74, 6) is -0.429. The molecule has 0 aliphatic carbocycles. The minimum Gasteiger partial charge on any atom is -0.488 e. The number of alkyl halides is 3. The van der Waals surface area contributed by atoms with E-state index in [1.165, 1.54) is 18.2 Å². The van der Waals surface area contributed by atoms with E-state index in [0.717, 1.165) is 22.2 Å². The van der Waals surface area contributed by atoms with Gasteiger partial charge in [0.1, 0.15) is 6.61 Å². The van der Waals surface area contributed by atoms with Crippen molar-refractivity contribution in [2.45, 2.75) is 45.5 Å². The van der Waals surface area contributed by atoms with Crippen LogP contribution in [0.2, 0.25) is 5.02 Å². The first-order valence-corrected chi connectivity index (χ1v) is 12.2. The van der Waals surface area contributed by atoms with E-state index >= 15 is 0 Å². The highest BCUT2D eigenvalue weighted by molar-refractivity contribution is 6.30. The third-order valence-electron chi connectivity index (χ3n) is 5.76. The molecule has 0 bridgehead atoms. The van der Waals surface area contributed by atoms with Crippen LogP contribution in [0.25, 0.3) is 10.9 Å². The third kappa shape index (κ3) is 8.02. The molecule has 3 rings (SSSR count). The Labute approximate surface area is 218 Å². The summed E-state index contributed by atoms with van der Waals surface area (Å²) in [6.45, 7) is 3.71. The number of aliphatic hydroxyl groups excluding tert-OH is 1. The number of carbonyl (C=O) groups excluding carboxylic acids is 1. The zero-order valence-corrected chi connectivity index (χ0v) is 21.5. The number of carbonyl (C=O) groups is 1. The van der Waals surface area contributed by atoms with Crippen LogP contribution < -0.4 is 20.5 Å². The molecule has 2 aromatic carbocycles. The first-order valence-electron chi connectivity index (χ1n) is 11.9. The number of aryl methyl sites for hydroxylation is 2. The molecule has 0 aliphatic heterocycles. The first-order chi connectivity index (χ1) is 17.5. The lowest BCUT2D eigenvalue weighted by atomic mass is 10.0. The Bertz CT molecular complexity index is 1230. The Hall–Kier alpha value is -2.95. The van der Waals surface area contributed by atoms with E-state index < -0.39 is 18.7 Å². The van der Waals surface area contributed by atoms with E-state index in [9.17, 15) is 23.1 Å². The van der Waals surface area contributed by atoms with Crippen LogP contribution >= 0.6 is 11.6 Å². The van der Waals surface area contributed by atoms with E-state index in [1.54, 1.807) is 6.07 Å². The molecular weight excluding hydrogens is 511 g/mol. The lowest BCUT2D eigenvalue weighted by Gasteiger charge is -2.17. The van der Waals surface area contributed by atoms with Gasteiger partial charge in [-0.2, -0.15) is 13.2 Å². The van der Waals surface area contributed by atoms with Gasteiger partial charge in [-0.15, -0.1) is 0 Å². The van der Waals surface area contributed by atoms with Gasteiger partial charge < -0.3 is 30.2 Å². The molecule has 7 nitrogen and oxygen atoms in total. The van der Waals surface area contributed by atoms with Crippen LogP contribution in [0.1, 0.15) is 35.0 Å². The summed E-state index contributed by atoms with van der Waals surface area (Å²) in [7, 11) is 0. The number of hydrogen-bond acceptors (Lipinski definition) is 5. The quantitative estimate of drug-likeness (QED) is 0.274. The minimum absolute atomic E-state index is 0.000316. The predicted molar refractivity (Wildman–Crippen MR) is 137 cm³/mol. The molecule has 4 N–H and O–H groups in total. The lowest BCUT2D eigenvalue weighted by Crippen LogP contribution is -2.32. The van der Waals surface area contributed by atoms with Gasteiger partial charge in [-0.05, 0) is 62.6 Å². The van der Waals surface area contributed by atoms with Crippen molar-refractivity contribution < 1.29 is 32.5 Å². The topological polar surface area (TPSA) is 98.7 Å².